The van der Waals surface area contributed by atoms with Gasteiger partial charge in [0.1, 0.15) is 0 Å². The molecule has 0 aliphatic carbocycles. The third kappa shape index (κ3) is 2.78. The predicted molar refractivity (Wildman–Crippen MR) is 85.6 cm³/mol. The van der Waals surface area contributed by atoms with E-state index in [4.69, 9.17) is 5.73 Å². The van der Waals surface area contributed by atoms with Gasteiger partial charge in [0.25, 0.3) is 0 Å². The molecule has 2 aromatic rings. The number of anilines is 2. The third-order valence-electron chi connectivity index (χ3n) is 3.75. The van der Waals surface area contributed by atoms with Crippen molar-refractivity contribution in [2.24, 2.45) is 5.73 Å². The second-order valence-corrected chi connectivity index (χ2v) is 6.04. The highest BCUT2D eigenvalue weighted by atomic mass is 32.1. The molecule has 1 fully saturated rings. The number of nitrogens with two attached hydrogens (primary N) is 1. The Balaban J connectivity index is 1.63. The van der Waals surface area contributed by atoms with E-state index in [0.717, 1.165) is 31.3 Å². The monoisotopic (exact) mass is 288 g/mol. The largest absolute Gasteiger partial charge is 0.368 e. The minimum absolute atomic E-state index is 0.103. The number of hydrogen-bond acceptors (Lipinski definition) is 5. The Morgan fingerprint density at radius 3 is 2.30 bits per heavy atom. The second-order valence-electron chi connectivity index (χ2n) is 5.17. The van der Waals surface area contributed by atoms with Gasteiger partial charge in [-0.15, -0.1) is 11.3 Å². The summed E-state index contributed by atoms with van der Waals surface area (Å²) >= 11 is 1.71. The normalized spacial score (nSPS) is 17.3. The molecule has 1 saturated heterocycles. The van der Waals surface area contributed by atoms with Gasteiger partial charge in [0.15, 0.2) is 5.13 Å². The van der Waals surface area contributed by atoms with Crippen LogP contribution >= 0.6 is 11.3 Å². The Morgan fingerprint density at radius 2 is 1.75 bits per heavy atom. The summed E-state index contributed by atoms with van der Waals surface area (Å²) < 4.78 is 0. The number of aromatic nitrogens is 1. The maximum atomic E-state index is 5.89. The maximum absolute atomic E-state index is 5.89. The number of hydrogen-bond donors (Lipinski definition) is 1. The van der Waals surface area contributed by atoms with Crippen LogP contribution < -0.4 is 15.5 Å². The zero-order chi connectivity index (χ0) is 13.9. The molecule has 0 spiro atoms. The smallest absolute Gasteiger partial charge is 0.185 e. The van der Waals surface area contributed by atoms with Crippen LogP contribution in [0.3, 0.4) is 0 Å². The first-order valence-electron chi connectivity index (χ1n) is 6.99. The van der Waals surface area contributed by atoms with Gasteiger partial charge in [-0.05, 0) is 24.6 Å². The van der Waals surface area contributed by atoms with E-state index in [-0.39, 0.29) is 6.04 Å². The number of rotatable bonds is 3. The molecular weight excluding hydrogens is 268 g/mol. The van der Waals surface area contributed by atoms with E-state index in [1.165, 1.54) is 11.3 Å². The van der Waals surface area contributed by atoms with Crippen LogP contribution in [0.25, 0.3) is 0 Å². The maximum Gasteiger partial charge on any atom is 0.185 e. The number of benzene rings is 1. The van der Waals surface area contributed by atoms with Crippen LogP contribution in [0.5, 0.6) is 0 Å². The molecule has 1 aliphatic heterocycles. The molecule has 1 aliphatic rings. The Kier molecular flexibility index (Phi) is 3.89. The molecule has 2 heterocycles. The Hall–Kier alpha value is -1.59. The molecular formula is C15H20N4S. The lowest BCUT2D eigenvalue weighted by atomic mass is 10.1. The molecule has 0 bridgehead atoms. The topological polar surface area (TPSA) is 45.4 Å². The average molecular weight is 288 g/mol. The van der Waals surface area contributed by atoms with Crippen LogP contribution in [0, 0.1) is 0 Å². The van der Waals surface area contributed by atoms with Crippen molar-refractivity contribution < 1.29 is 0 Å². The molecule has 106 valence electrons. The van der Waals surface area contributed by atoms with Gasteiger partial charge in [0.2, 0.25) is 0 Å². The fourth-order valence-corrected chi connectivity index (χ4v) is 3.21. The van der Waals surface area contributed by atoms with Crippen LogP contribution in [0.15, 0.2) is 35.8 Å². The Bertz CT molecular complexity index is 528. The highest BCUT2D eigenvalue weighted by molar-refractivity contribution is 7.13. The van der Waals surface area contributed by atoms with Crippen molar-refractivity contribution >= 4 is 22.2 Å². The highest BCUT2D eigenvalue weighted by Crippen LogP contribution is 2.23. The molecule has 1 atom stereocenters. The summed E-state index contributed by atoms with van der Waals surface area (Å²) in [6, 6.07) is 8.72. The van der Waals surface area contributed by atoms with Gasteiger partial charge in [-0.1, -0.05) is 12.1 Å². The van der Waals surface area contributed by atoms with Crippen molar-refractivity contribution in [1.82, 2.24) is 4.98 Å². The summed E-state index contributed by atoms with van der Waals surface area (Å²) in [6.45, 7) is 6.15. The predicted octanol–water partition coefficient (Wildman–Crippen LogP) is 2.49. The van der Waals surface area contributed by atoms with E-state index in [0.29, 0.717) is 0 Å². The zero-order valence-corrected chi connectivity index (χ0v) is 12.5. The van der Waals surface area contributed by atoms with E-state index in [1.54, 1.807) is 11.3 Å². The van der Waals surface area contributed by atoms with Gasteiger partial charge in [0.05, 0.1) is 0 Å². The Labute approximate surface area is 123 Å². The van der Waals surface area contributed by atoms with E-state index >= 15 is 0 Å². The fraction of sp³-hybridized carbons (Fsp3) is 0.400. The lowest BCUT2D eigenvalue weighted by Gasteiger charge is -2.36. The van der Waals surface area contributed by atoms with Crippen LogP contribution in [-0.4, -0.2) is 31.2 Å². The van der Waals surface area contributed by atoms with E-state index < -0.39 is 0 Å². The van der Waals surface area contributed by atoms with Crippen molar-refractivity contribution in [2.45, 2.75) is 13.0 Å². The number of nitrogens with zero attached hydrogens (tertiary/aromatic N) is 3. The lowest BCUT2D eigenvalue weighted by molar-refractivity contribution is 0.652. The van der Waals surface area contributed by atoms with Crippen molar-refractivity contribution in [1.29, 1.82) is 0 Å². The number of thiazole rings is 1. The molecule has 2 N–H and O–H groups in total. The first kappa shape index (κ1) is 13.4. The van der Waals surface area contributed by atoms with Crippen LogP contribution in [0.2, 0.25) is 0 Å². The summed E-state index contributed by atoms with van der Waals surface area (Å²) in [5, 5.41) is 3.17. The van der Waals surface area contributed by atoms with Crippen LogP contribution in [0.4, 0.5) is 10.8 Å². The molecule has 3 rings (SSSR count). The van der Waals surface area contributed by atoms with Crippen molar-refractivity contribution in [3.8, 4) is 0 Å². The molecule has 20 heavy (non-hydrogen) atoms. The van der Waals surface area contributed by atoms with Crippen molar-refractivity contribution in [3.05, 3.63) is 41.4 Å². The molecule has 1 aromatic carbocycles. The standard InChI is InChI=1S/C15H20N4S/c1-12(16)13-2-4-14(5-3-13)18-7-9-19(10-8-18)15-17-6-11-20-15/h2-6,11-12H,7-10,16H2,1H3. The molecule has 1 aromatic heterocycles. The summed E-state index contributed by atoms with van der Waals surface area (Å²) in [5.74, 6) is 0. The summed E-state index contributed by atoms with van der Waals surface area (Å²) in [4.78, 5) is 9.17. The molecule has 1 unspecified atom stereocenters. The van der Waals surface area contributed by atoms with E-state index in [9.17, 15) is 0 Å². The third-order valence-corrected chi connectivity index (χ3v) is 4.59. The molecule has 0 amide bonds. The quantitative estimate of drug-likeness (QED) is 0.942. The summed E-state index contributed by atoms with van der Waals surface area (Å²) in [5.41, 5.74) is 8.36. The molecule has 5 heteroatoms. The van der Waals surface area contributed by atoms with Crippen LogP contribution in [0.1, 0.15) is 18.5 Å². The first-order chi connectivity index (χ1) is 9.74. The molecule has 4 nitrogen and oxygen atoms in total. The zero-order valence-electron chi connectivity index (χ0n) is 11.7. The highest BCUT2D eigenvalue weighted by Gasteiger charge is 2.18. The van der Waals surface area contributed by atoms with E-state index in [2.05, 4.69) is 39.0 Å². The first-order valence-corrected chi connectivity index (χ1v) is 7.87. The van der Waals surface area contributed by atoms with Gasteiger partial charge < -0.3 is 15.5 Å². The van der Waals surface area contributed by atoms with Gasteiger partial charge in [-0.25, -0.2) is 4.98 Å². The van der Waals surface area contributed by atoms with Gasteiger partial charge in [-0.3, -0.25) is 0 Å². The average Bonchev–Trinajstić information content (AvgIpc) is 3.02. The fourth-order valence-electron chi connectivity index (χ4n) is 2.52. The van der Waals surface area contributed by atoms with Gasteiger partial charge in [-0.2, -0.15) is 0 Å². The lowest BCUT2D eigenvalue weighted by Crippen LogP contribution is -2.46. The van der Waals surface area contributed by atoms with Crippen molar-refractivity contribution in [3.63, 3.8) is 0 Å². The molecule has 0 radical (unpaired) electrons. The second kappa shape index (κ2) is 5.81. The van der Waals surface area contributed by atoms with Crippen molar-refractivity contribution in [2.75, 3.05) is 36.0 Å². The van der Waals surface area contributed by atoms with E-state index in [1.807, 2.05) is 18.5 Å². The number of piperazine rings is 1. The Morgan fingerprint density at radius 1 is 1.10 bits per heavy atom. The SMILES string of the molecule is CC(N)c1ccc(N2CCN(c3nccs3)CC2)cc1. The van der Waals surface area contributed by atoms with Gasteiger partial charge >= 0.3 is 0 Å². The minimum Gasteiger partial charge on any atom is -0.368 e. The summed E-state index contributed by atoms with van der Waals surface area (Å²) in [7, 11) is 0. The molecule has 0 saturated carbocycles. The minimum atomic E-state index is 0.103. The summed E-state index contributed by atoms with van der Waals surface area (Å²) in [6.07, 6.45) is 1.87. The van der Waals surface area contributed by atoms with Gasteiger partial charge in [0, 0.05) is 49.5 Å². The van der Waals surface area contributed by atoms with Crippen LogP contribution in [-0.2, 0) is 0 Å².